The van der Waals surface area contributed by atoms with Crippen LogP contribution in [0.3, 0.4) is 0 Å². The Labute approximate surface area is 85.6 Å². The van der Waals surface area contributed by atoms with Crippen molar-refractivity contribution < 1.29 is 16.8 Å². The molecule has 0 unspecified atom stereocenters. The molecule has 0 fully saturated rings. The topological polar surface area (TPSA) is 107 Å². The van der Waals surface area contributed by atoms with Gasteiger partial charge in [0.15, 0.2) is 34.0 Å². The molecule has 1 rings (SSSR count). The van der Waals surface area contributed by atoms with Crippen LogP contribution >= 0.6 is 11.3 Å². The third kappa shape index (κ3) is 2.22. The fourth-order valence-corrected chi connectivity index (χ4v) is 4.57. The van der Waals surface area contributed by atoms with Crippen molar-refractivity contribution in [3.63, 3.8) is 0 Å². The Balaban J connectivity index is 3.63. The van der Waals surface area contributed by atoms with E-state index in [1.54, 1.807) is 0 Å². The van der Waals surface area contributed by atoms with E-state index in [1.807, 2.05) is 0 Å². The Bertz CT molecular complexity index is 504. The van der Waals surface area contributed by atoms with Crippen LogP contribution in [-0.4, -0.2) is 34.3 Å². The van der Waals surface area contributed by atoms with Gasteiger partial charge in [-0.3, -0.25) is 0 Å². The van der Waals surface area contributed by atoms with Gasteiger partial charge in [0.1, 0.15) is 0 Å². The number of thiazole rings is 1. The molecule has 2 N–H and O–H groups in total. The average molecular weight is 256 g/mol. The molecule has 0 amide bonds. The minimum absolute atomic E-state index is 0.0779. The molecule has 80 valence electrons. The largest absolute Gasteiger partial charge is 0.375 e. The van der Waals surface area contributed by atoms with Gasteiger partial charge in [-0.2, -0.15) is 0 Å². The van der Waals surface area contributed by atoms with E-state index >= 15 is 0 Å². The molecule has 0 atom stereocenters. The maximum atomic E-state index is 11.2. The van der Waals surface area contributed by atoms with Gasteiger partial charge in [0.05, 0.1) is 0 Å². The molecule has 1 aromatic heterocycles. The minimum Gasteiger partial charge on any atom is -0.375 e. The van der Waals surface area contributed by atoms with Crippen LogP contribution in [0.1, 0.15) is 0 Å². The predicted octanol–water partition coefficient (Wildman–Crippen LogP) is -0.468. The maximum Gasteiger partial charge on any atom is 0.195 e. The zero-order valence-electron chi connectivity index (χ0n) is 7.38. The fourth-order valence-electron chi connectivity index (χ4n) is 0.776. The summed E-state index contributed by atoms with van der Waals surface area (Å²) in [5, 5.41) is -0.548. The molecule has 0 aliphatic carbocycles. The number of anilines is 1. The molecule has 14 heavy (non-hydrogen) atoms. The minimum atomic E-state index is -3.66. The van der Waals surface area contributed by atoms with E-state index in [2.05, 4.69) is 4.98 Å². The van der Waals surface area contributed by atoms with Gasteiger partial charge in [-0.05, 0) is 0 Å². The normalized spacial score (nSPS) is 13.0. The second-order valence-electron chi connectivity index (χ2n) is 2.69. The zero-order chi connectivity index (χ0) is 11.1. The van der Waals surface area contributed by atoms with Crippen LogP contribution in [0.5, 0.6) is 0 Å². The monoisotopic (exact) mass is 256 g/mol. The smallest absolute Gasteiger partial charge is 0.195 e. The number of aromatic nitrogens is 1. The predicted molar refractivity (Wildman–Crippen MR) is 52.7 cm³/mol. The lowest BCUT2D eigenvalue weighted by atomic mass is 11.0. The molecule has 0 aromatic carbocycles. The van der Waals surface area contributed by atoms with Gasteiger partial charge in [0, 0.05) is 12.5 Å². The summed E-state index contributed by atoms with van der Waals surface area (Å²) in [6.07, 6.45) is 1.80. The van der Waals surface area contributed by atoms with E-state index in [1.165, 1.54) is 0 Å². The van der Waals surface area contributed by atoms with Crippen molar-refractivity contribution in [3.05, 3.63) is 0 Å². The van der Waals surface area contributed by atoms with Crippen LogP contribution < -0.4 is 5.73 Å². The first kappa shape index (κ1) is 11.4. The Hall–Kier alpha value is -0.670. The van der Waals surface area contributed by atoms with E-state index in [-0.39, 0.29) is 9.34 Å². The lowest BCUT2D eigenvalue weighted by Gasteiger charge is -1.95. The number of rotatable bonds is 2. The number of sulfone groups is 2. The molecule has 0 aliphatic rings. The lowest BCUT2D eigenvalue weighted by molar-refractivity contribution is 0.588. The highest BCUT2D eigenvalue weighted by Crippen LogP contribution is 2.28. The summed E-state index contributed by atoms with van der Waals surface area (Å²) < 4.78 is 44.3. The highest BCUT2D eigenvalue weighted by atomic mass is 32.2. The summed E-state index contributed by atoms with van der Waals surface area (Å²) in [5.74, 6) is 0. The highest BCUT2D eigenvalue weighted by molar-refractivity contribution is 7.95. The fraction of sp³-hybridized carbons (Fsp3) is 0.400. The first-order valence-electron chi connectivity index (χ1n) is 3.29. The standard InChI is InChI=1S/C5H8N2O4S3/c1-13(8,9)3-4(14(2,10)11)12-5(6)7-3/h1-2H3,(H2,6,7). The van der Waals surface area contributed by atoms with Crippen LogP contribution in [0.2, 0.25) is 0 Å². The first-order chi connectivity index (χ1) is 6.12. The number of nitrogens with two attached hydrogens (primary N) is 1. The number of nitrogens with zero attached hydrogens (tertiary/aromatic N) is 1. The molecule has 6 nitrogen and oxygen atoms in total. The Morgan fingerprint density at radius 1 is 1.14 bits per heavy atom. The van der Waals surface area contributed by atoms with Gasteiger partial charge in [-0.25, -0.2) is 21.8 Å². The number of hydrogen-bond donors (Lipinski definition) is 1. The quantitative estimate of drug-likeness (QED) is 0.766. The Morgan fingerprint density at radius 3 is 1.93 bits per heavy atom. The van der Waals surface area contributed by atoms with Crippen LogP contribution in [0.25, 0.3) is 0 Å². The third-order valence-electron chi connectivity index (χ3n) is 1.27. The van der Waals surface area contributed by atoms with Gasteiger partial charge >= 0.3 is 0 Å². The molecular weight excluding hydrogens is 248 g/mol. The van der Waals surface area contributed by atoms with Crippen LogP contribution in [0.4, 0.5) is 5.13 Å². The van der Waals surface area contributed by atoms with E-state index in [4.69, 9.17) is 5.73 Å². The lowest BCUT2D eigenvalue weighted by Crippen LogP contribution is -2.05. The summed E-state index contributed by atoms with van der Waals surface area (Å²) in [6.45, 7) is 0. The Kier molecular flexibility index (Phi) is 2.59. The molecule has 0 saturated carbocycles. The van der Waals surface area contributed by atoms with Crippen LogP contribution in [0, 0.1) is 0 Å². The Morgan fingerprint density at radius 2 is 1.64 bits per heavy atom. The van der Waals surface area contributed by atoms with E-state index < -0.39 is 24.7 Å². The van der Waals surface area contributed by atoms with Crippen molar-refractivity contribution in [1.29, 1.82) is 0 Å². The van der Waals surface area contributed by atoms with Gasteiger partial charge < -0.3 is 5.73 Å². The highest BCUT2D eigenvalue weighted by Gasteiger charge is 2.25. The molecule has 0 radical (unpaired) electrons. The molecule has 1 heterocycles. The second kappa shape index (κ2) is 3.17. The van der Waals surface area contributed by atoms with Crippen molar-refractivity contribution in [1.82, 2.24) is 4.98 Å². The number of nitrogen functional groups attached to an aromatic ring is 1. The van der Waals surface area contributed by atoms with Gasteiger partial charge in [-0.15, -0.1) is 0 Å². The summed E-state index contributed by atoms with van der Waals surface area (Å²) in [4.78, 5) is 3.48. The molecule has 9 heteroatoms. The zero-order valence-corrected chi connectivity index (χ0v) is 9.83. The van der Waals surface area contributed by atoms with Crippen molar-refractivity contribution in [2.24, 2.45) is 0 Å². The molecule has 0 saturated heterocycles. The van der Waals surface area contributed by atoms with Gasteiger partial charge in [0.25, 0.3) is 0 Å². The maximum absolute atomic E-state index is 11.2. The third-order valence-corrected chi connectivity index (χ3v) is 5.23. The number of hydrogen-bond acceptors (Lipinski definition) is 7. The summed E-state index contributed by atoms with van der Waals surface area (Å²) in [6, 6.07) is 0. The van der Waals surface area contributed by atoms with E-state index in [0.29, 0.717) is 11.3 Å². The van der Waals surface area contributed by atoms with Gasteiger partial charge in [-0.1, -0.05) is 11.3 Å². The molecule has 0 aliphatic heterocycles. The van der Waals surface area contributed by atoms with E-state index in [9.17, 15) is 16.8 Å². The summed E-state index contributed by atoms with van der Waals surface area (Å²) >= 11 is 0.648. The van der Waals surface area contributed by atoms with Crippen molar-refractivity contribution in [2.75, 3.05) is 18.2 Å². The molecule has 0 bridgehead atoms. The molecule has 1 aromatic rings. The molecule has 0 spiro atoms. The summed E-state index contributed by atoms with van der Waals surface area (Å²) in [7, 11) is -7.25. The molecular formula is C5H8N2O4S3. The average Bonchev–Trinajstić information content (AvgIpc) is 2.27. The first-order valence-corrected chi connectivity index (χ1v) is 7.88. The van der Waals surface area contributed by atoms with Crippen molar-refractivity contribution in [2.45, 2.75) is 9.24 Å². The second-order valence-corrected chi connectivity index (χ2v) is 7.86. The van der Waals surface area contributed by atoms with Crippen LogP contribution in [-0.2, 0) is 19.7 Å². The SMILES string of the molecule is CS(=O)(=O)c1nc(N)sc1S(C)(=O)=O. The summed E-state index contributed by atoms with van der Waals surface area (Å²) in [5.41, 5.74) is 5.25. The van der Waals surface area contributed by atoms with Crippen LogP contribution in [0.15, 0.2) is 9.24 Å². The van der Waals surface area contributed by atoms with Crippen molar-refractivity contribution >= 4 is 36.1 Å². The van der Waals surface area contributed by atoms with Crippen molar-refractivity contribution in [3.8, 4) is 0 Å². The van der Waals surface area contributed by atoms with Gasteiger partial charge in [0.2, 0.25) is 0 Å². The van der Waals surface area contributed by atoms with E-state index in [0.717, 1.165) is 12.5 Å².